The first-order valence-corrected chi connectivity index (χ1v) is 11.1. The van der Waals surface area contributed by atoms with E-state index in [1.807, 2.05) is 12.1 Å². The zero-order chi connectivity index (χ0) is 20.8. The molecule has 152 valence electrons. The van der Waals surface area contributed by atoms with Crippen molar-refractivity contribution in [1.29, 1.82) is 0 Å². The van der Waals surface area contributed by atoms with Gasteiger partial charge in [0.05, 0.1) is 15.9 Å². The minimum atomic E-state index is -3.65. The predicted octanol–water partition coefficient (Wildman–Crippen LogP) is 3.61. The average Bonchev–Trinajstić information content (AvgIpc) is 3.04. The monoisotopic (exact) mass is 412 g/mol. The quantitative estimate of drug-likeness (QED) is 0.595. The molecule has 1 aliphatic rings. The Morgan fingerprint density at radius 2 is 1.93 bits per heavy atom. The van der Waals surface area contributed by atoms with Crippen molar-refractivity contribution < 1.29 is 13.2 Å². The number of hydrogen-bond acceptors (Lipinski definition) is 4. The van der Waals surface area contributed by atoms with Gasteiger partial charge in [-0.05, 0) is 75.2 Å². The average molecular weight is 413 g/mol. The van der Waals surface area contributed by atoms with Crippen LogP contribution in [0.5, 0.6) is 0 Å². The maximum Gasteiger partial charge on any atom is 0.255 e. The lowest BCUT2D eigenvalue weighted by molar-refractivity contribution is 0.102. The number of amides is 1. The fourth-order valence-corrected chi connectivity index (χ4v) is 4.60. The van der Waals surface area contributed by atoms with Gasteiger partial charge in [0, 0.05) is 17.2 Å². The van der Waals surface area contributed by atoms with Crippen molar-refractivity contribution in [2.45, 2.75) is 43.9 Å². The number of carbonyl (C=O) groups is 1. The first-order chi connectivity index (χ1) is 13.8. The number of benzene rings is 2. The van der Waals surface area contributed by atoms with Crippen molar-refractivity contribution in [2.24, 2.45) is 0 Å². The Morgan fingerprint density at radius 1 is 1.17 bits per heavy atom. The first kappa shape index (κ1) is 19.6. The third kappa shape index (κ3) is 3.65. The molecule has 0 aliphatic heterocycles. The van der Waals surface area contributed by atoms with Gasteiger partial charge in [-0.25, -0.2) is 18.1 Å². The molecule has 0 saturated heterocycles. The van der Waals surface area contributed by atoms with Gasteiger partial charge in [0.2, 0.25) is 10.0 Å². The Labute approximate surface area is 170 Å². The number of anilines is 1. The molecule has 1 aliphatic carbocycles. The van der Waals surface area contributed by atoms with Gasteiger partial charge in [0.25, 0.3) is 5.91 Å². The van der Waals surface area contributed by atoms with E-state index in [0.717, 1.165) is 35.3 Å². The van der Waals surface area contributed by atoms with E-state index in [1.54, 1.807) is 26.0 Å². The number of imidazole rings is 1. The molecular formula is C21H24N4O3S. The number of H-pyrrole nitrogens is 1. The zero-order valence-corrected chi connectivity index (χ0v) is 17.5. The highest BCUT2D eigenvalue weighted by atomic mass is 32.2. The van der Waals surface area contributed by atoms with Crippen molar-refractivity contribution in [2.75, 3.05) is 12.4 Å². The van der Waals surface area contributed by atoms with Crippen LogP contribution in [0.15, 0.2) is 35.2 Å². The number of aryl methyl sites for hydroxylation is 1. The second-order valence-corrected chi connectivity index (χ2v) is 9.41. The number of hydrogen-bond donors (Lipinski definition) is 3. The molecule has 2 aromatic carbocycles. The van der Waals surface area contributed by atoms with E-state index in [0.29, 0.717) is 22.7 Å². The van der Waals surface area contributed by atoms with Gasteiger partial charge in [0.1, 0.15) is 5.82 Å². The highest BCUT2D eigenvalue weighted by molar-refractivity contribution is 7.89. The van der Waals surface area contributed by atoms with E-state index >= 15 is 0 Å². The lowest BCUT2D eigenvalue weighted by Gasteiger charge is -2.22. The maximum absolute atomic E-state index is 12.8. The lowest BCUT2D eigenvalue weighted by atomic mass is 9.85. The SMILES string of the molecule is CNS(=O)(=O)c1cc(C(=O)Nc2ccc3nc(C4CCC4)[nH]c3c2)cc(C)c1C. The Hall–Kier alpha value is -2.71. The van der Waals surface area contributed by atoms with Gasteiger partial charge in [-0.2, -0.15) is 0 Å². The van der Waals surface area contributed by atoms with Gasteiger partial charge >= 0.3 is 0 Å². The number of aromatic amines is 1. The van der Waals surface area contributed by atoms with E-state index < -0.39 is 10.0 Å². The fourth-order valence-electron chi connectivity index (χ4n) is 3.53. The number of nitrogens with zero attached hydrogens (tertiary/aromatic N) is 1. The second-order valence-electron chi connectivity index (χ2n) is 7.56. The summed E-state index contributed by atoms with van der Waals surface area (Å²) in [5, 5.41) is 2.86. The smallest absolute Gasteiger partial charge is 0.255 e. The number of nitrogens with one attached hydrogen (secondary N) is 3. The molecule has 1 saturated carbocycles. The normalized spacial score (nSPS) is 14.7. The molecule has 1 fully saturated rings. The highest BCUT2D eigenvalue weighted by Crippen LogP contribution is 2.35. The molecule has 3 N–H and O–H groups in total. The minimum Gasteiger partial charge on any atom is -0.342 e. The molecule has 3 aromatic rings. The Morgan fingerprint density at radius 3 is 2.59 bits per heavy atom. The van der Waals surface area contributed by atoms with Crippen LogP contribution in [0.4, 0.5) is 5.69 Å². The topological polar surface area (TPSA) is 104 Å². The summed E-state index contributed by atoms with van der Waals surface area (Å²) < 4.78 is 26.9. The van der Waals surface area contributed by atoms with E-state index in [9.17, 15) is 13.2 Å². The van der Waals surface area contributed by atoms with Crippen LogP contribution < -0.4 is 10.0 Å². The summed E-state index contributed by atoms with van der Waals surface area (Å²) in [5.74, 6) is 1.15. The summed E-state index contributed by atoms with van der Waals surface area (Å²) in [6.07, 6.45) is 3.56. The standard InChI is InChI=1S/C21H24N4O3S/c1-12-9-15(10-19(13(12)2)29(27,28)22-3)21(26)23-16-7-8-17-18(11-16)25-20(24-17)14-5-4-6-14/h7-11,14,22H,4-6H2,1-3H3,(H,23,26)(H,24,25). The van der Waals surface area contributed by atoms with Crippen LogP contribution in [0, 0.1) is 13.8 Å². The number of aromatic nitrogens is 2. The first-order valence-electron chi connectivity index (χ1n) is 9.64. The molecule has 8 heteroatoms. The molecule has 1 heterocycles. The molecule has 0 atom stereocenters. The van der Waals surface area contributed by atoms with Crippen LogP contribution in [0.1, 0.15) is 52.5 Å². The van der Waals surface area contributed by atoms with Crippen LogP contribution in [0.2, 0.25) is 0 Å². The summed E-state index contributed by atoms with van der Waals surface area (Å²) in [5.41, 5.74) is 4.03. The molecular weight excluding hydrogens is 388 g/mol. The zero-order valence-electron chi connectivity index (χ0n) is 16.7. The molecule has 0 bridgehead atoms. The van der Waals surface area contributed by atoms with Crippen LogP contribution in [0.25, 0.3) is 11.0 Å². The lowest BCUT2D eigenvalue weighted by Crippen LogP contribution is -2.21. The van der Waals surface area contributed by atoms with Gasteiger partial charge in [0.15, 0.2) is 0 Å². The third-order valence-electron chi connectivity index (χ3n) is 5.69. The third-order valence-corrected chi connectivity index (χ3v) is 7.23. The van der Waals surface area contributed by atoms with E-state index in [-0.39, 0.29) is 10.8 Å². The number of rotatable bonds is 5. The molecule has 4 rings (SSSR count). The predicted molar refractivity (Wildman–Crippen MR) is 113 cm³/mol. The van der Waals surface area contributed by atoms with Gasteiger partial charge in [-0.3, -0.25) is 4.79 Å². The van der Waals surface area contributed by atoms with Gasteiger partial charge < -0.3 is 10.3 Å². The largest absolute Gasteiger partial charge is 0.342 e. The molecule has 1 aromatic heterocycles. The van der Waals surface area contributed by atoms with E-state index in [1.165, 1.54) is 19.5 Å². The number of fused-ring (bicyclic) bond motifs is 1. The van der Waals surface area contributed by atoms with E-state index in [4.69, 9.17) is 0 Å². The van der Waals surface area contributed by atoms with Crippen molar-refractivity contribution >= 4 is 32.7 Å². The van der Waals surface area contributed by atoms with Crippen LogP contribution in [-0.2, 0) is 10.0 Å². The Kier molecular flexibility index (Phi) is 4.92. The number of sulfonamides is 1. The van der Waals surface area contributed by atoms with Crippen molar-refractivity contribution in [3.05, 3.63) is 52.8 Å². The molecule has 0 unspecified atom stereocenters. The van der Waals surface area contributed by atoms with Crippen molar-refractivity contribution in [3.63, 3.8) is 0 Å². The summed E-state index contributed by atoms with van der Waals surface area (Å²) in [6, 6.07) is 8.64. The summed E-state index contributed by atoms with van der Waals surface area (Å²) >= 11 is 0. The molecule has 1 amide bonds. The van der Waals surface area contributed by atoms with Gasteiger partial charge in [-0.15, -0.1) is 0 Å². The van der Waals surface area contributed by atoms with Crippen molar-refractivity contribution in [1.82, 2.24) is 14.7 Å². The number of carbonyl (C=O) groups excluding carboxylic acids is 1. The van der Waals surface area contributed by atoms with Gasteiger partial charge in [-0.1, -0.05) is 6.42 Å². The molecule has 0 spiro atoms. The maximum atomic E-state index is 12.8. The Bertz CT molecular complexity index is 1210. The highest BCUT2D eigenvalue weighted by Gasteiger charge is 2.23. The second kappa shape index (κ2) is 7.27. The molecule has 7 nitrogen and oxygen atoms in total. The molecule has 29 heavy (non-hydrogen) atoms. The summed E-state index contributed by atoms with van der Waals surface area (Å²) in [4.78, 5) is 20.9. The van der Waals surface area contributed by atoms with E-state index in [2.05, 4.69) is 20.0 Å². The van der Waals surface area contributed by atoms with Crippen molar-refractivity contribution in [3.8, 4) is 0 Å². The van der Waals surface area contributed by atoms with Crippen LogP contribution in [-0.4, -0.2) is 31.3 Å². The fraction of sp³-hybridized carbons (Fsp3) is 0.333. The van der Waals surface area contributed by atoms with Crippen LogP contribution >= 0.6 is 0 Å². The minimum absolute atomic E-state index is 0.110. The summed E-state index contributed by atoms with van der Waals surface area (Å²) in [7, 11) is -2.30. The summed E-state index contributed by atoms with van der Waals surface area (Å²) in [6.45, 7) is 3.52. The molecule has 0 radical (unpaired) electrons. The van der Waals surface area contributed by atoms with Crippen LogP contribution in [0.3, 0.4) is 0 Å². The Balaban J connectivity index is 1.62.